The third-order valence-electron chi connectivity index (χ3n) is 2.80. The van der Waals surface area contributed by atoms with Crippen LogP contribution in [0, 0.1) is 0 Å². The van der Waals surface area contributed by atoms with Crippen molar-refractivity contribution in [2.24, 2.45) is 0 Å². The zero-order valence-electron chi connectivity index (χ0n) is 12.5. The zero-order valence-corrected chi connectivity index (χ0v) is 12.5. The molecule has 0 aliphatic carbocycles. The first kappa shape index (κ1) is 17.0. The quantitative estimate of drug-likeness (QED) is 0.646. The van der Waals surface area contributed by atoms with Gasteiger partial charge >= 0.3 is 12.0 Å². The molecule has 0 aromatic carbocycles. The minimum absolute atomic E-state index is 0.0913. The van der Waals surface area contributed by atoms with Crippen molar-refractivity contribution in [1.82, 2.24) is 20.2 Å². The van der Waals surface area contributed by atoms with E-state index < -0.39 is 18.0 Å². The number of amides is 2. The Labute approximate surface area is 123 Å². The molecule has 1 atom stereocenters. The van der Waals surface area contributed by atoms with E-state index in [1.807, 2.05) is 13.8 Å². The molecule has 0 unspecified atom stereocenters. The Kier molecular flexibility index (Phi) is 6.67. The third kappa shape index (κ3) is 6.26. The van der Waals surface area contributed by atoms with Crippen molar-refractivity contribution in [1.29, 1.82) is 0 Å². The fourth-order valence-corrected chi connectivity index (χ4v) is 1.60. The van der Waals surface area contributed by atoms with E-state index in [1.54, 1.807) is 7.05 Å². The summed E-state index contributed by atoms with van der Waals surface area (Å²) in [5.74, 6) is -1.09. The molecule has 21 heavy (non-hydrogen) atoms. The van der Waals surface area contributed by atoms with Crippen LogP contribution in [-0.2, 0) is 16.0 Å². The number of hydrogen-bond donors (Lipinski definition) is 3. The SMILES string of the molecule is CC(C)OCCN(C)C(=O)N[C@@H](Cc1cnc[nH]1)C(=O)O. The lowest BCUT2D eigenvalue weighted by Crippen LogP contribution is -2.48. The molecule has 1 aromatic rings. The molecule has 0 saturated heterocycles. The van der Waals surface area contributed by atoms with Crippen molar-refractivity contribution >= 4 is 12.0 Å². The Morgan fingerprint density at radius 1 is 1.52 bits per heavy atom. The van der Waals surface area contributed by atoms with Crippen LogP contribution in [-0.4, -0.2) is 64.3 Å². The number of urea groups is 1. The van der Waals surface area contributed by atoms with Crippen molar-refractivity contribution in [2.75, 3.05) is 20.2 Å². The first-order valence-corrected chi connectivity index (χ1v) is 6.73. The first-order valence-electron chi connectivity index (χ1n) is 6.73. The second-order valence-corrected chi connectivity index (χ2v) is 4.96. The average Bonchev–Trinajstić information content (AvgIpc) is 2.90. The lowest BCUT2D eigenvalue weighted by molar-refractivity contribution is -0.139. The summed E-state index contributed by atoms with van der Waals surface area (Å²) in [6.45, 7) is 4.61. The van der Waals surface area contributed by atoms with E-state index in [9.17, 15) is 9.59 Å². The molecule has 1 aromatic heterocycles. The smallest absolute Gasteiger partial charge is 0.326 e. The van der Waals surface area contributed by atoms with Crippen LogP contribution in [0.4, 0.5) is 4.79 Å². The van der Waals surface area contributed by atoms with Crippen molar-refractivity contribution in [3.63, 3.8) is 0 Å². The van der Waals surface area contributed by atoms with E-state index in [4.69, 9.17) is 9.84 Å². The number of hydrogen-bond acceptors (Lipinski definition) is 4. The molecule has 0 aliphatic heterocycles. The molecule has 8 nitrogen and oxygen atoms in total. The Bertz CT molecular complexity index is 447. The molecule has 0 saturated carbocycles. The number of H-pyrrole nitrogens is 1. The summed E-state index contributed by atoms with van der Waals surface area (Å²) in [5, 5.41) is 11.6. The number of ether oxygens (including phenoxy) is 1. The number of carboxylic acid groups (broad SMARTS) is 1. The van der Waals surface area contributed by atoms with Gasteiger partial charge in [-0.15, -0.1) is 0 Å². The fraction of sp³-hybridized carbons (Fsp3) is 0.615. The van der Waals surface area contributed by atoms with Crippen LogP contribution >= 0.6 is 0 Å². The van der Waals surface area contributed by atoms with Crippen molar-refractivity contribution < 1.29 is 19.4 Å². The molecule has 118 valence electrons. The summed E-state index contributed by atoms with van der Waals surface area (Å²) in [4.78, 5) is 31.2. The second kappa shape index (κ2) is 8.25. The largest absolute Gasteiger partial charge is 0.480 e. The Morgan fingerprint density at radius 2 is 2.24 bits per heavy atom. The van der Waals surface area contributed by atoms with Crippen LogP contribution in [0.15, 0.2) is 12.5 Å². The van der Waals surface area contributed by atoms with E-state index in [0.717, 1.165) is 0 Å². The van der Waals surface area contributed by atoms with Gasteiger partial charge in [-0.3, -0.25) is 0 Å². The lowest BCUT2D eigenvalue weighted by atomic mass is 10.1. The highest BCUT2D eigenvalue weighted by Gasteiger charge is 2.22. The maximum absolute atomic E-state index is 11.9. The van der Waals surface area contributed by atoms with Gasteiger partial charge in [0.2, 0.25) is 0 Å². The summed E-state index contributed by atoms with van der Waals surface area (Å²) < 4.78 is 5.35. The van der Waals surface area contributed by atoms with Gasteiger partial charge in [0.15, 0.2) is 0 Å². The highest BCUT2D eigenvalue weighted by molar-refractivity contribution is 5.82. The van der Waals surface area contributed by atoms with Crippen LogP contribution in [0.1, 0.15) is 19.5 Å². The summed E-state index contributed by atoms with van der Waals surface area (Å²) in [6.07, 6.45) is 3.24. The van der Waals surface area contributed by atoms with Gasteiger partial charge in [-0.25, -0.2) is 14.6 Å². The molecule has 0 fully saturated rings. The summed E-state index contributed by atoms with van der Waals surface area (Å²) in [6, 6.07) is -1.46. The number of imidazole rings is 1. The molecule has 8 heteroatoms. The van der Waals surface area contributed by atoms with Gasteiger partial charge in [0, 0.05) is 31.9 Å². The maximum Gasteiger partial charge on any atom is 0.326 e. The van der Waals surface area contributed by atoms with Crippen molar-refractivity contribution in [2.45, 2.75) is 32.4 Å². The van der Waals surface area contributed by atoms with Gasteiger partial charge in [-0.1, -0.05) is 0 Å². The van der Waals surface area contributed by atoms with E-state index in [1.165, 1.54) is 17.4 Å². The van der Waals surface area contributed by atoms with E-state index in [2.05, 4.69) is 15.3 Å². The minimum atomic E-state index is -1.09. The first-order chi connectivity index (χ1) is 9.90. The van der Waals surface area contributed by atoms with Gasteiger partial charge in [0.25, 0.3) is 0 Å². The highest BCUT2D eigenvalue weighted by atomic mass is 16.5. The van der Waals surface area contributed by atoms with E-state index in [-0.39, 0.29) is 12.5 Å². The van der Waals surface area contributed by atoms with E-state index in [0.29, 0.717) is 18.8 Å². The monoisotopic (exact) mass is 298 g/mol. The number of likely N-dealkylation sites (N-methyl/N-ethyl adjacent to an activating group) is 1. The molecule has 0 spiro atoms. The number of nitrogens with one attached hydrogen (secondary N) is 2. The summed E-state index contributed by atoms with van der Waals surface area (Å²) >= 11 is 0. The number of carboxylic acids is 1. The van der Waals surface area contributed by atoms with Crippen LogP contribution < -0.4 is 5.32 Å². The topological polar surface area (TPSA) is 108 Å². The number of carbonyl (C=O) groups is 2. The summed E-state index contributed by atoms with van der Waals surface area (Å²) in [7, 11) is 1.59. The molecule has 0 radical (unpaired) electrons. The van der Waals surface area contributed by atoms with Gasteiger partial charge in [0.05, 0.1) is 19.0 Å². The highest BCUT2D eigenvalue weighted by Crippen LogP contribution is 2.00. The number of aliphatic carboxylic acids is 1. The minimum Gasteiger partial charge on any atom is -0.480 e. The van der Waals surface area contributed by atoms with E-state index >= 15 is 0 Å². The molecule has 2 amide bonds. The normalized spacial score (nSPS) is 12.2. The Balaban J connectivity index is 2.46. The molecular formula is C13H22N4O4. The number of rotatable bonds is 8. The van der Waals surface area contributed by atoms with Gasteiger partial charge < -0.3 is 25.0 Å². The number of aromatic amines is 1. The van der Waals surface area contributed by atoms with Gasteiger partial charge in [-0.2, -0.15) is 0 Å². The molecular weight excluding hydrogens is 276 g/mol. The van der Waals surface area contributed by atoms with Crippen molar-refractivity contribution in [3.8, 4) is 0 Å². The van der Waals surface area contributed by atoms with Crippen LogP contribution in [0.2, 0.25) is 0 Å². The van der Waals surface area contributed by atoms with Crippen LogP contribution in [0.5, 0.6) is 0 Å². The molecule has 1 rings (SSSR count). The summed E-state index contributed by atoms with van der Waals surface area (Å²) in [5.41, 5.74) is 0.647. The predicted molar refractivity (Wildman–Crippen MR) is 76.0 cm³/mol. The molecule has 0 bridgehead atoms. The zero-order chi connectivity index (χ0) is 15.8. The van der Waals surface area contributed by atoms with Crippen LogP contribution in [0.25, 0.3) is 0 Å². The lowest BCUT2D eigenvalue weighted by Gasteiger charge is -2.21. The second-order valence-electron chi connectivity index (χ2n) is 4.96. The Morgan fingerprint density at radius 3 is 2.76 bits per heavy atom. The number of nitrogens with zero attached hydrogens (tertiary/aromatic N) is 2. The predicted octanol–water partition coefficient (Wildman–Crippen LogP) is 0.472. The van der Waals surface area contributed by atoms with Crippen molar-refractivity contribution in [3.05, 3.63) is 18.2 Å². The number of aromatic nitrogens is 2. The third-order valence-corrected chi connectivity index (χ3v) is 2.80. The number of carbonyl (C=O) groups excluding carboxylic acids is 1. The van der Waals surface area contributed by atoms with Gasteiger partial charge in [0.1, 0.15) is 6.04 Å². The maximum atomic E-state index is 11.9. The van der Waals surface area contributed by atoms with Gasteiger partial charge in [-0.05, 0) is 13.8 Å². The fourth-order valence-electron chi connectivity index (χ4n) is 1.60. The molecule has 0 aliphatic rings. The van der Waals surface area contributed by atoms with Crippen LogP contribution in [0.3, 0.4) is 0 Å². The molecule has 3 N–H and O–H groups in total. The standard InChI is InChI=1S/C13H22N4O4/c1-9(2)21-5-4-17(3)13(20)16-11(12(18)19)6-10-7-14-8-15-10/h7-9,11H,4-6H2,1-3H3,(H,14,15)(H,16,20)(H,18,19)/t11-/m0/s1. The average molecular weight is 298 g/mol. The molecule has 1 heterocycles. The Hall–Kier alpha value is -2.09.